The summed E-state index contributed by atoms with van der Waals surface area (Å²) in [7, 11) is 3.13. The van der Waals surface area contributed by atoms with Crippen molar-refractivity contribution in [2.45, 2.75) is 0 Å². The van der Waals surface area contributed by atoms with E-state index < -0.39 is 5.91 Å². The predicted octanol–water partition coefficient (Wildman–Crippen LogP) is -0.427. The van der Waals surface area contributed by atoms with E-state index in [1.807, 2.05) is 0 Å². The Balaban J connectivity index is 2.98. The third kappa shape index (κ3) is 2.12. The zero-order valence-electron chi connectivity index (χ0n) is 7.39. The van der Waals surface area contributed by atoms with Crippen LogP contribution in [0.15, 0.2) is 12.4 Å². The number of anilines is 1. The highest BCUT2D eigenvalue weighted by atomic mass is 16.7. The Bertz CT molecular complexity index is 315. The molecule has 0 aliphatic carbocycles. The Labute approximate surface area is 75.3 Å². The molecule has 1 rings (SSSR count). The van der Waals surface area contributed by atoms with Crippen molar-refractivity contribution >= 4 is 11.7 Å². The fourth-order valence-corrected chi connectivity index (χ4v) is 0.720. The average Bonchev–Trinajstić information content (AvgIpc) is 2.17. The number of aromatic nitrogens is 2. The summed E-state index contributed by atoms with van der Waals surface area (Å²) in [5, 5.41) is 1.37. The number of nitrogens with zero attached hydrogens (tertiary/aromatic N) is 3. The first-order valence-corrected chi connectivity index (χ1v) is 3.55. The van der Waals surface area contributed by atoms with Crippen LogP contribution < -0.4 is 10.8 Å². The summed E-state index contributed by atoms with van der Waals surface area (Å²) in [5.41, 5.74) is 5.14. The van der Waals surface area contributed by atoms with Gasteiger partial charge in [0.1, 0.15) is 5.69 Å². The van der Waals surface area contributed by atoms with Crippen LogP contribution in [0.25, 0.3) is 0 Å². The molecular formula is C7H10N4O2. The number of amides is 1. The SMILES string of the molecule is CON(C)c1cncc(C(N)=O)n1. The van der Waals surface area contributed by atoms with Gasteiger partial charge in [0.05, 0.1) is 19.5 Å². The van der Waals surface area contributed by atoms with Gasteiger partial charge < -0.3 is 5.73 Å². The van der Waals surface area contributed by atoms with Gasteiger partial charge in [0.2, 0.25) is 0 Å². The van der Waals surface area contributed by atoms with Gasteiger partial charge in [-0.15, -0.1) is 0 Å². The maximum absolute atomic E-state index is 10.7. The van der Waals surface area contributed by atoms with Crippen molar-refractivity contribution in [3.63, 3.8) is 0 Å². The molecule has 1 aromatic rings. The van der Waals surface area contributed by atoms with Gasteiger partial charge >= 0.3 is 0 Å². The zero-order chi connectivity index (χ0) is 9.84. The minimum atomic E-state index is -0.612. The van der Waals surface area contributed by atoms with E-state index >= 15 is 0 Å². The smallest absolute Gasteiger partial charge is 0.268 e. The summed E-state index contributed by atoms with van der Waals surface area (Å²) in [4.78, 5) is 23.3. The van der Waals surface area contributed by atoms with Gasteiger partial charge in [0.15, 0.2) is 5.82 Å². The lowest BCUT2D eigenvalue weighted by molar-refractivity contribution is 0.0995. The van der Waals surface area contributed by atoms with Crippen LogP contribution in [0.4, 0.5) is 5.82 Å². The van der Waals surface area contributed by atoms with Crippen LogP contribution in [0.2, 0.25) is 0 Å². The Hall–Kier alpha value is -1.69. The summed E-state index contributed by atoms with van der Waals surface area (Å²) >= 11 is 0. The van der Waals surface area contributed by atoms with Gasteiger partial charge in [-0.25, -0.2) is 10.0 Å². The van der Waals surface area contributed by atoms with Crippen molar-refractivity contribution in [2.24, 2.45) is 5.73 Å². The minimum Gasteiger partial charge on any atom is -0.364 e. The van der Waals surface area contributed by atoms with E-state index in [4.69, 9.17) is 10.6 Å². The quantitative estimate of drug-likeness (QED) is 0.641. The first-order chi connectivity index (χ1) is 6.15. The molecule has 0 unspecified atom stereocenters. The molecule has 0 aliphatic heterocycles. The molecule has 6 nitrogen and oxygen atoms in total. The van der Waals surface area contributed by atoms with E-state index in [1.165, 1.54) is 24.6 Å². The molecule has 0 saturated carbocycles. The second-order valence-corrected chi connectivity index (χ2v) is 2.31. The second kappa shape index (κ2) is 3.81. The molecule has 1 amide bonds. The molecule has 0 aromatic carbocycles. The number of primary amides is 1. The van der Waals surface area contributed by atoms with Crippen molar-refractivity contribution in [3.8, 4) is 0 Å². The number of rotatable bonds is 3. The monoisotopic (exact) mass is 182 g/mol. The van der Waals surface area contributed by atoms with E-state index in [1.54, 1.807) is 7.05 Å². The molecule has 0 saturated heterocycles. The number of hydrogen-bond acceptors (Lipinski definition) is 5. The van der Waals surface area contributed by atoms with E-state index in [9.17, 15) is 4.79 Å². The zero-order valence-corrected chi connectivity index (χ0v) is 7.39. The molecule has 0 radical (unpaired) electrons. The van der Waals surface area contributed by atoms with Crippen LogP contribution in [0.1, 0.15) is 10.5 Å². The van der Waals surface area contributed by atoms with Gasteiger partial charge in [-0.1, -0.05) is 0 Å². The van der Waals surface area contributed by atoms with Gasteiger partial charge in [0.25, 0.3) is 5.91 Å². The van der Waals surface area contributed by atoms with Crippen LogP contribution in [-0.2, 0) is 4.84 Å². The maximum atomic E-state index is 10.7. The highest BCUT2D eigenvalue weighted by Gasteiger charge is 2.06. The van der Waals surface area contributed by atoms with Crippen molar-refractivity contribution < 1.29 is 9.63 Å². The summed E-state index contributed by atoms with van der Waals surface area (Å²) in [5.74, 6) is -0.183. The third-order valence-corrected chi connectivity index (χ3v) is 1.47. The highest BCUT2D eigenvalue weighted by Crippen LogP contribution is 2.06. The summed E-state index contributed by atoms with van der Waals surface area (Å²) in [6.45, 7) is 0. The largest absolute Gasteiger partial charge is 0.364 e. The van der Waals surface area contributed by atoms with Gasteiger partial charge in [-0.3, -0.25) is 14.6 Å². The fraction of sp³-hybridized carbons (Fsp3) is 0.286. The molecule has 70 valence electrons. The molecule has 0 atom stereocenters. The van der Waals surface area contributed by atoms with Crippen molar-refractivity contribution in [2.75, 3.05) is 19.2 Å². The average molecular weight is 182 g/mol. The standard InChI is InChI=1S/C7H10N4O2/c1-11(13-2)6-4-9-3-5(10-6)7(8)12/h3-4H,1-2H3,(H2,8,12). The Morgan fingerprint density at radius 3 is 2.85 bits per heavy atom. The lowest BCUT2D eigenvalue weighted by atomic mass is 10.4. The Morgan fingerprint density at radius 1 is 1.62 bits per heavy atom. The predicted molar refractivity (Wildman–Crippen MR) is 46.0 cm³/mol. The second-order valence-electron chi connectivity index (χ2n) is 2.31. The molecule has 2 N–H and O–H groups in total. The van der Waals surface area contributed by atoms with Crippen molar-refractivity contribution in [1.82, 2.24) is 9.97 Å². The summed E-state index contributed by atoms with van der Waals surface area (Å²) in [6.07, 6.45) is 2.77. The van der Waals surface area contributed by atoms with Crippen LogP contribution in [-0.4, -0.2) is 30.0 Å². The van der Waals surface area contributed by atoms with Gasteiger partial charge in [-0.2, -0.15) is 0 Å². The van der Waals surface area contributed by atoms with Gasteiger partial charge in [-0.05, 0) is 0 Å². The molecule has 6 heteroatoms. The molecular weight excluding hydrogens is 172 g/mol. The van der Waals surface area contributed by atoms with Crippen molar-refractivity contribution in [3.05, 3.63) is 18.1 Å². The van der Waals surface area contributed by atoms with E-state index in [0.717, 1.165) is 0 Å². The molecule has 0 fully saturated rings. The molecule has 1 heterocycles. The number of carbonyl (C=O) groups excluding carboxylic acids is 1. The first-order valence-electron chi connectivity index (χ1n) is 3.55. The minimum absolute atomic E-state index is 0.112. The number of carbonyl (C=O) groups is 1. The Morgan fingerprint density at radius 2 is 2.31 bits per heavy atom. The third-order valence-electron chi connectivity index (χ3n) is 1.47. The normalized spacial score (nSPS) is 9.69. The number of nitrogens with two attached hydrogens (primary N) is 1. The summed E-state index contributed by atoms with van der Waals surface area (Å²) < 4.78 is 0. The Kier molecular flexibility index (Phi) is 2.76. The molecule has 1 aromatic heterocycles. The van der Waals surface area contributed by atoms with Gasteiger partial charge in [0, 0.05) is 7.05 Å². The van der Waals surface area contributed by atoms with Crippen LogP contribution in [0.3, 0.4) is 0 Å². The van der Waals surface area contributed by atoms with Crippen molar-refractivity contribution in [1.29, 1.82) is 0 Å². The maximum Gasteiger partial charge on any atom is 0.268 e. The molecule has 0 spiro atoms. The molecule has 13 heavy (non-hydrogen) atoms. The first kappa shape index (κ1) is 9.40. The van der Waals surface area contributed by atoms with E-state index in [-0.39, 0.29) is 5.69 Å². The number of hydroxylamine groups is 1. The summed E-state index contributed by atoms with van der Waals surface area (Å²) in [6, 6.07) is 0. The van der Waals surface area contributed by atoms with Crippen LogP contribution in [0.5, 0.6) is 0 Å². The number of hydrogen-bond donors (Lipinski definition) is 1. The van der Waals surface area contributed by atoms with E-state index in [0.29, 0.717) is 5.82 Å². The van der Waals surface area contributed by atoms with Crippen LogP contribution in [0, 0.1) is 0 Å². The van der Waals surface area contributed by atoms with Crippen LogP contribution >= 0.6 is 0 Å². The fourth-order valence-electron chi connectivity index (χ4n) is 0.720. The van der Waals surface area contributed by atoms with E-state index in [2.05, 4.69) is 9.97 Å². The topological polar surface area (TPSA) is 81.3 Å². The molecule has 0 bridgehead atoms. The lowest BCUT2D eigenvalue weighted by Crippen LogP contribution is -2.20. The highest BCUT2D eigenvalue weighted by molar-refractivity contribution is 5.90. The molecule has 0 aliphatic rings. The lowest BCUT2D eigenvalue weighted by Gasteiger charge is -2.13.